The van der Waals surface area contributed by atoms with Gasteiger partial charge in [0.2, 0.25) is 0 Å². The normalized spacial score (nSPS) is 14.8. The Kier molecular flexibility index (Phi) is 6.87. The van der Waals surface area contributed by atoms with Gasteiger partial charge in [-0.2, -0.15) is 0 Å². The molecule has 0 bridgehead atoms. The van der Waals surface area contributed by atoms with Gasteiger partial charge >= 0.3 is 12.0 Å². The van der Waals surface area contributed by atoms with Crippen molar-refractivity contribution in [2.75, 3.05) is 19.0 Å². The molecule has 36 heavy (non-hydrogen) atoms. The molecule has 1 aliphatic carbocycles. The molecule has 186 valence electrons. The van der Waals surface area contributed by atoms with E-state index in [-0.39, 0.29) is 18.6 Å². The van der Waals surface area contributed by atoms with Crippen LogP contribution in [0.4, 0.5) is 10.8 Å². The molecular weight excluding hydrogens is 472 g/mol. The van der Waals surface area contributed by atoms with Gasteiger partial charge in [-0.3, -0.25) is 4.79 Å². The maximum absolute atomic E-state index is 12.3. The number of hydrogen-bond acceptors (Lipinski definition) is 8. The number of thiazole rings is 1. The van der Waals surface area contributed by atoms with Crippen molar-refractivity contribution in [3.8, 4) is 17.1 Å². The lowest BCUT2D eigenvalue weighted by molar-refractivity contribution is -0.154. The molecule has 0 amide bonds. The lowest BCUT2D eigenvalue weighted by atomic mass is 9.87. The van der Waals surface area contributed by atoms with Gasteiger partial charge in [0.05, 0.1) is 17.3 Å². The van der Waals surface area contributed by atoms with Crippen molar-refractivity contribution >= 4 is 38.3 Å². The van der Waals surface area contributed by atoms with Gasteiger partial charge < -0.3 is 14.8 Å². The first-order valence-electron chi connectivity index (χ1n) is 12.3. The number of nitrogens with one attached hydrogen (secondary N) is 1. The minimum Gasteiger partial charge on any atom is -0.468 e. The van der Waals surface area contributed by atoms with E-state index in [4.69, 9.17) is 14.5 Å². The zero-order chi connectivity index (χ0) is 25.1. The fourth-order valence-corrected chi connectivity index (χ4v) is 5.51. The first-order valence-corrected chi connectivity index (χ1v) is 13.1. The maximum atomic E-state index is 12.3. The quantitative estimate of drug-likeness (QED) is 0.267. The highest BCUT2D eigenvalue weighted by Crippen LogP contribution is 2.39. The molecule has 2 aromatic heterocycles. The molecule has 1 saturated carbocycles. The highest BCUT2D eigenvalue weighted by atomic mass is 32.1. The Morgan fingerprint density at radius 3 is 2.44 bits per heavy atom. The molecule has 4 aromatic rings. The Balaban J connectivity index is 1.23. The Hall–Kier alpha value is -3.52. The van der Waals surface area contributed by atoms with Crippen molar-refractivity contribution in [3.63, 3.8) is 0 Å². The van der Waals surface area contributed by atoms with E-state index in [0.29, 0.717) is 5.92 Å². The van der Waals surface area contributed by atoms with Crippen LogP contribution in [0, 0.1) is 5.41 Å². The van der Waals surface area contributed by atoms with E-state index >= 15 is 0 Å². The summed E-state index contributed by atoms with van der Waals surface area (Å²) in [6.45, 7) is 4.62. The third kappa shape index (κ3) is 5.04. The number of ether oxygens (including phenoxy) is 2. The van der Waals surface area contributed by atoms with Crippen LogP contribution in [0.25, 0.3) is 21.3 Å². The number of methoxy groups -OCH3 is 1. The summed E-state index contributed by atoms with van der Waals surface area (Å²) in [5, 5.41) is 4.28. The number of esters is 1. The van der Waals surface area contributed by atoms with Gasteiger partial charge in [-0.15, -0.1) is 0 Å². The van der Waals surface area contributed by atoms with Crippen molar-refractivity contribution < 1.29 is 14.3 Å². The molecule has 0 radical (unpaired) electrons. The van der Waals surface area contributed by atoms with Crippen molar-refractivity contribution in [3.05, 3.63) is 60.4 Å². The third-order valence-corrected chi connectivity index (χ3v) is 7.78. The van der Waals surface area contributed by atoms with Gasteiger partial charge in [-0.1, -0.05) is 56.2 Å². The third-order valence-electron chi connectivity index (χ3n) is 6.83. The average molecular weight is 503 g/mol. The molecule has 7 nitrogen and oxygen atoms in total. The van der Waals surface area contributed by atoms with E-state index < -0.39 is 5.41 Å². The van der Waals surface area contributed by atoms with Gasteiger partial charge in [0, 0.05) is 23.6 Å². The summed E-state index contributed by atoms with van der Waals surface area (Å²) in [6, 6.07) is 14.8. The largest absolute Gasteiger partial charge is 0.468 e. The molecular formula is C28H30N4O3S. The zero-order valence-corrected chi connectivity index (χ0v) is 21.6. The Bertz CT molecular complexity index is 1340. The van der Waals surface area contributed by atoms with E-state index in [2.05, 4.69) is 47.3 Å². The molecule has 0 saturated heterocycles. The van der Waals surface area contributed by atoms with E-state index in [1.807, 2.05) is 24.3 Å². The standard InChI is InChI=1S/C28H30N4O3S/c1-18(2)20-8-11-24-23(14-20)32-27(36-24)31-22-9-6-19(7-10-22)21-15-29-26(30-16-21)35-17-28(25(33)34-3)12-4-5-13-28/h6-11,14-16,18H,4-5,12-13,17H2,1-3H3,(H,31,32). The molecule has 1 N–H and O–H groups in total. The summed E-state index contributed by atoms with van der Waals surface area (Å²) in [5.74, 6) is 0.268. The molecule has 0 spiro atoms. The van der Waals surface area contributed by atoms with Crippen LogP contribution >= 0.6 is 11.3 Å². The number of carbonyl (C=O) groups excluding carboxylic acids is 1. The first-order chi connectivity index (χ1) is 17.5. The minimum atomic E-state index is -0.584. The topological polar surface area (TPSA) is 86.2 Å². The van der Waals surface area contributed by atoms with Crippen molar-refractivity contribution in [2.45, 2.75) is 45.4 Å². The number of nitrogens with zero attached hydrogens (tertiary/aromatic N) is 3. The Morgan fingerprint density at radius 2 is 1.78 bits per heavy atom. The highest BCUT2D eigenvalue weighted by Gasteiger charge is 2.43. The predicted octanol–water partition coefficient (Wildman–Crippen LogP) is 6.73. The Labute approximate surface area is 214 Å². The zero-order valence-electron chi connectivity index (χ0n) is 20.8. The van der Waals surface area contributed by atoms with E-state index in [1.165, 1.54) is 17.4 Å². The van der Waals surface area contributed by atoms with Crippen LogP contribution in [0.15, 0.2) is 54.9 Å². The molecule has 1 aliphatic rings. The molecule has 1 fully saturated rings. The number of aromatic nitrogens is 3. The number of fused-ring (bicyclic) bond motifs is 1. The van der Waals surface area contributed by atoms with E-state index in [0.717, 1.165) is 53.1 Å². The summed E-state index contributed by atoms with van der Waals surface area (Å²) in [7, 11) is 1.43. The predicted molar refractivity (Wildman–Crippen MR) is 143 cm³/mol. The minimum absolute atomic E-state index is 0.212. The second kappa shape index (κ2) is 10.2. The molecule has 2 heterocycles. The fourth-order valence-electron chi connectivity index (χ4n) is 4.64. The monoisotopic (exact) mass is 502 g/mol. The first kappa shape index (κ1) is 24.2. The van der Waals surface area contributed by atoms with Crippen LogP contribution in [0.2, 0.25) is 0 Å². The van der Waals surface area contributed by atoms with E-state index in [9.17, 15) is 4.79 Å². The lowest BCUT2D eigenvalue weighted by Crippen LogP contribution is -2.35. The summed E-state index contributed by atoms with van der Waals surface area (Å²) in [4.78, 5) is 25.7. The number of hydrogen-bond donors (Lipinski definition) is 1. The van der Waals surface area contributed by atoms with Gasteiger partial charge in [-0.25, -0.2) is 15.0 Å². The molecule has 0 unspecified atom stereocenters. The fraction of sp³-hybridized carbons (Fsp3) is 0.357. The second-order valence-corrected chi connectivity index (χ2v) is 10.7. The number of rotatable bonds is 8. The molecule has 0 atom stereocenters. The van der Waals surface area contributed by atoms with Crippen LogP contribution in [0.1, 0.15) is 51.0 Å². The van der Waals surface area contributed by atoms with Crippen LogP contribution in [0.5, 0.6) is 6.01 Å². The van der Waals surface area contributed by atoms with E-state index in [1.54, 1.807) is 23.7 Å². The smallest absolute Gasteiger partial charge is 0.316 e. The number of anilines is 2. The summed E-state index contributed by atoms with van der Waals surface area (Å²) >= 11 is 1.65. The number of benzene rings is 2. The molecule has 2 aromatic carbocycles. The van der Waals surface area contributed by atoms with Crippen molar-refractivity contribution in [1.82, 2.24) is 15.0 Å². The van der Waals surface area contributed by atoms with Gasteiger partial charge in [0.25, 0.3) is 0 Å². The van der Waals surface area contributed by atoms with Crippen LogP contribution in [-0.4, -0.2) is 34.6 Å². The lowest BCUT2D eigenvalue weighted by Gasteiger charge is -2.24. The molecule has 5 rings (SSSR count). The highest BCUT2D eigenvalue weighted by molar-refractivity contribution is 7.22. The number of carbonyl (C=O) groups is 1. The SMILES string of the molecule is COC(=O)C1(COc2ncc(-c3ccc(Nc4nc5cc(C(C)C)ccc5s4)cc3)cn2)CCCC1. The van der Waals surface area contributed by atoms with Crippen LogP contribution < -0.4 is 10.1 Å². The van der Waals surface area contributed by atoms with Crippen molar-refractivity contribution in [2.24, 2.45) is 5.41 Å². The van der Waals surface area contributed by atoms with Crippen LogP contribution in [-0.2, 0) is 9.53 Å². The second-order valence-electron chi connectivity index (χ2n) is 9.63. The average Bonchev–Trinajstić information content (AvgIpc) is 3.55. The maximum Gasteiger partial charge on any atom is 0.316 e. The van der Waals surface area contributed by atoms with Gasteiger partial charge in [0.1, 0.15) is 12.0 Å². The summed E-state index contributed by atoms with van der Waals surface area (Å²) in [6.07, 6.45) is 7.03. The molecule has 0 aliphatic heterocycles. The van der Waals surface area contributed by atoms with Gasteiger partial charge in [0.15, 0.2) is 5.13 Å². The Morgan fingerprint density at radius 1 is 1.06 bits per heavy atom. The summed E-state index contributed by atoms with van der Waals surface area (Å²) in [5.41, 5.74) is 4.59. The van der Waals surface area contributed by atoms with Crippen molar-refractivity contribution in [1.29, 1.82) is 0 Å². The summed E-state index contributed by atoms with van der Waals surface area (Å²) < 4.78 is 12.0. The van der Waals surface area contributed by atoms with Gasteiger partial charge in [-0.05, 0) is 54.2 Å². The molecule has 8 heteroatoms. The van der Waals surface area contributed by atoms with Crippen LogP contribution in [0.3, 0.4) is 0 Å².